The molecule has 1 amide bonds. The smallest absolute Gasteiger partial charge is 0.301 e. The van der Waals surface area contributed by atoms with Gasteiger partial charge in [-0.3, -0.25) is 19.5 Å². The monoisotopic (exact) mass is 515 g/mol. The highest BCUT2D eigenvalue weighted by molar-refractivity contribution is 7.22. The fourth-order valence-corrected chi connectivity index (χ4v) is 5.26. The maximum atomic E-state index is 13.4. The van der Waals surface area contributed by atoms with E-state index in [0.717, 1.165) is 4.70 Å². The van der Waals surface area contributed by atoms with E-state index in [9.17, 15) is 14.7 Å². The van der Waals surface area contributed by atoms with Gasteiger partial charge in [0.2, 0.25) is 0 Å². The van der Waals surface area contributed by atoms with Gasteiger partial charge < -0.3 is 14.6 Å². The van der Waals surface area contributed by atoms with Crippen molar-refractivity contribution in [2.45, 2.75) is 32.9 Å². The lowest BCUT2D eigenvalue weighted by Gasteiger charge is -2.22. The number of thiazole rings is 1. The molecular formula is C28H25N3O5S. The van der Waals surface area contributed by atoms with E-state index in [1.54, 1.807) is 48.7 Å². The highest BCUT2D eigenvalue weighted by Gasteiger charge is 2.48. The molecule has 0 spiro atoms. The van der Waals surface area contributed by atoms with Gasteiger partial charge in [0.15, 0.2) is 5.13 Å². The van der Waals surface area contributed by atoms with Crippen LogP contribution >= 0.6 is 11.3 Å². The van der Waals surface area contributed by atoms with Gasteiger partial charge in [-0.25, -0.2) is 4.98 Å². The fraction of sp³-hybridized carbons (Fsp3) is 0.214. The van der Waals surface area contributed by atoms with E-state index in [-0.39, 0.29) is 17.4 Å². The van der Waals surface area contributed by atoms with Crippen LogP contribution in [0.4, 0.5) is 5.13 Å². The number of Topliss-reactive ketones (excluding diaryl/α,β-unsaturated/α-hetero) is 1. The van der Waals surface area contributed by atoms with E-state index in [2.05, 4.69) is 9.97 Å². The summed E-state index contributed by atoms with van der Waals surface area (Å²) in [5, 5.41) is 11.7. The number of carbonyl (C=O) groups is 2. The van der Waals surface area contributed by atoms with Crippen LogP contribution in [0.25, 0.3) is 16.0 Å². The summed E-state index contributed by atoms with van der Waals surface area (Å²) in [6.07, 6.45) is 1.51. The van der Waals surface area contributed by atoms with Gasteiger partial charge in [-0.15, -0.1) is 0 Å². The lowest BCUT2D eigenvalue weighted by atomic mass is 9.98. The quantitative estimate of drug-likeness (QED) is 0.197. The minimum Gasteiger partial charge on any atom is -0.507 e. The fourth-order valence-electron chi connectivity index (χ4n) is 4.24. The summed E-state index contributed by atoms with van der Waals surface area (Å²) in [6.45, 7) is 6.22. The number of ketones is 1. The molecular weight excluding hydrogens is 490 g/mol. The number of rotatable bonds is 7. The molecule has 1 aliphatic heterocycles. The maximum absolute atomic E-state index is 13.4. The molecule has 0 bridgehead atoms. The molecule has 2 aromatic heterocycles. The number of aromatic nitrogens is 2. The number of hydrogen-bond donors (Lipinski definition) is 1. The van der Waals surface area contributed by atoms with Crippen LogP contribution in [-0.4, -0.2) is 39.5 Å². The second-order valence-electron chi connectivity index (χ2n) is 8.68. The SMILES string of the molecule is CCOc1ccc2nc(N3C(=O)C(=O)/C(=C(/O)c4cccc(OC(C)C)c4)C3c3ccccn3)sc2c1. The number of fused-ring (bicyclic) bond motifs is 1. The molecule has 1 unspecified atom stereocenters. The summed E-state index contributed by atoms with van der Waals surface area (Å²) in [5.41, 5.74) is 1.41. The van der Waals surface area contributed by atoms with Crippen LogP contribution in [0, 0.1) is 0 Å². The average Bonchev–Trinajstić information content (AvgIpc) is 3.42. The predicted molar refractivity (Wildman–Crippen MR) is 142 cm³/mol. The van der Waals surface area contributed by atoms with Crippen molar-refractivity contribution in [1.29, 1.82) is 0 Å². The third-order valence-corrected chi connectivity index (χ3v) is 6.77. The van der Waals surface area contributed by atoms with Gasteiger partial charge in [-0.05, 0) is 63.2 Å². The summed E-state index contributed by atoms with van der Waals surface area (Å²) < 4.78 is 12.1. The molecule has 1 aliphatic rings. The van der Waals surface area contributed by atoms with Gasteiger partial charge in [0.1, 0.15) is 23.3 Å². The van der Waals surface area contributed by atoms with Crippen molar-refractivity contribution < 1.29 is 24.2 Å². The average molecular weight is 516 g/mol. The number of anilines is 1. The lowest BCUT2D eigenvalue weighted by molar-refractivity contribution is -0.132. The first-order chi connectivity index (χ1) is 17.9. The number of nitrogens with zero attached hydrogens (tertiary/aromatic N) is 3. The molecule has 1 saturated heterocycles. The van der Waals surface area contributed by atoms with Gasteiger partial charge in [-0.2, -0.15) is 0 Å². The van der Waals surface area contributed by atoms with E-state index in [0.29, 0.717) is 40.0 Å². The van der Waals surface area contributed by atoms with Crippen molar-refractivity contribution in [3.05, 3.63) is 83.7 Å². The minimum absolute atomic E-state index is 0.0559. The van der Waals surface area contributed by atoms with Crippen molar-refractivity contribution in [2.75, 3.05) is 11.5 Å². The van der Waals surface area contributed by atoms with Crippen LogP contribution < -0.4 is 14.4 Å². The van der Waals surface area contributed by atoms with Crippen LogP contribution in [0.15, 0.2) is 72.4 Å². The van der Waals surface area contributed by atoms with Gasteiger partial charge in [-0.1, -0.05) is 29.5 Å². The summed E-state index contributed by atoms with van der Waals surface area (Å²) in [6, 6.07) is 16.6. The molecule has 1 N–H and O–H groups in total. The van der Waals surface area contributed by atoms with E-state index < -0.39 is 17.7 Å². The number of carbonyl (C=O) groups excluding carboxylic acids is 2. The van der Waals surface area contributed by atoms with Crippen molar-refractivity contribution >= 4 is 44.1 Å². The summed E-state index contributed by atoms with van der Waals surface area (Å²) >= 11 is 1.27. The normalized spacial score (nSPS) is 17.1. The highest BCUT2D eigenvalue weighted by Crippen LogP contribution is 2.44. The second kappa shape index (κ2) is 10.0. The number of benzene rings is 2. The van der Waals surface area contributed by atoms with Crippen LogP contribution in [0.3, 0.4) is 0 Å². The van der Waals surface area contributed by atoms with E-state index in [1.165, 1.54) is 16.2 Å². The van der Waals surface area contributed by atoms with Gasteiger partial charge in [0, 0.05) is 11.8 Å². The third kappa shape index (κ3) is 4.65. The van der Waals surface area contributed by atoms with Crippen molar-refractivity contribution in [2.24, 2.45) is 0 Å². The van der Waals surface area contributed by atoms with Gasteiger partial charge in [0.05, 0.1) is 34.2 Å². The van der Waals surface area contributed by atoms with Crippen LogP contribution in [-0.2, 0) is 9.59 Å². The Bertz CT molecular complexity index is 1510. The highest BCUT2D eigenvalue weighted by atomic mass is 32.1. The minimum atomic E-state index is -0.956. The molecule has 0 saturated carbocycles. The first kappa shape index (κ1) is 24.5. The third-order valence-electron chi connectivity index (χ3n) is 5.76. The predicted octanol–water partition coefficient (Wildman–Crippen LogP) is 5.50. The Hall–Kier alpha value is -4.24. The molecule has 8 nitrogen and oxygen atoms in total. The first-order valence-corrected chi connectivity index (χ1v) is 12.7. The molecule has 4 aromatic rings. The van der Waals surface area contributed by atoms with Crippen molar-refractivity contribution in [3.63, 3.8) is 0 Å². The zero-order valence-electron chi connectivity index (χ0n) is 20.5. The van der Waals surface area contributed by atoms with E-state index in [1.807, 2.05) is 39.0 Å². The molecule has 2 aromatic carbocycles. The zero-order chi connectivity index (χ0) is 26.1. The Balaban J connectivity index is 1.65. The van der Waals surface area contributed by atoms with E-state index in [4.69, 9.17) is 9.47 Å². The number of pyridine rings is 1. The number of aliphatic hydroxyl groups is 1. The molecule has 0 aliphatic carbocycles. The molecule has 0 radical (unpaired) electrons. The van der Waals surface area contributed by atoms with Gasteiger partial charge in [0.25, 0.3) is 5.78 Å². The first-order valence-electron chi connectivity index (χ1n) is 11.9. The lowest BCUT2D eigenvalue weighted by Crippen LogP contribution is -2.29. The van der Waals surface area contributed by atoms with Gasteiger partial charge >= 0.3 is 5.91 Å². The zero-order valence-corrected chi connectivity index (χ0v) is 21.4. The maximum Gasteiger partial charge on any atom is 0.301 e. The molecule has 3 heterocycles. The van der Waals surface area contributed by atoms with Crippen LogP contribution in [0.2, 0.25) is 0 Å². The van der Waals surface area contributed by atoms with Crippen molar-refractivity contribution in [3.8, 4) is 11.5 Å². The Labute approximate surface area is 217 Å². The molecule has 188 valence electrons. The number of ether oxygens (including phenoxy) is 2. The Kier molecular flexibility index (Phi) is 6.62. The van der Waals surface area contributed by atoms with Crippen LogP contribution in [0.5, 0.6) is 11.5 Å². The summed E-state index contributed by atoms with van der Waals surface area (Å²) in [5.74, 6) is -0.658. The number of amides is 1. The molecule has 1 fully saturated rings. The molecule has 1 atom stereocenters. The molecule has 37 heavy (non-hydrogen) atoms. The van der Waals surface area contributed by atoms with Crippen LogP contribution in [0.1, 0.15) is 38.1 Å². The molecule has 5 rings (SSSR count). The Morgan fingerprint density at radius 1 is 1.08 bits per heavy atom. The Morgan fingerprint density at radius 2 is 1.92 bits per heavy atom. The topological polar surface area (TPSA) is 102 Å². The number of aliphatic hydroxyl groups excluding tert-OH is 1. The molecule has 9 heteroatoms. The standard InChI is InChI=1S/C28H25N3O5S/c1-4-35-18-11-12-20-22(15-18)37-28(30-20)31-24(21-10-5-6-13-29-21)23(26(33)27(31)34)25(32)17-8-7-9-19(14-17)36-16(2)3/h5-16,24,32H,4H2,1-3H3/b25-23+. The largest absolute Gasteiger partial charge is 0.507 e. The summed E-state index contributed by atoms with van der Waals surface area (Å²) in [7, 11) is 0. The Morgan fingerprint density at radius 3 is 2.65 bits per heavy atom. The number of hydrogen-bond acceptors (Lipinski definition) is 8. The summed E-state index contributed by atoms with van der Waals surface area (Å²) in [4.78, 5) is 37.2. The second-order valence-corrected chi connectivity index (χ2v) is 9.69. The van der Waals surface area contributed by atoms with Crippen molar-refractivity contribution in [1.82, 2.24) is 9.97 Å². The van der Waals surface area contributed by atoms with E-state index >= 15 is 0 Å².